The van der Waals surface area contributed by atoms with E-state index in [0.717, 1.165) is 25.7 Å². The lowest BCUT2D eigenvalue weighted by Gasteiger charge is -2.41. The second-order valence-corrected chi connectivity index (χ2v) is 9.23. The summed E-state index contributed by atoms with van der Waals surface area (Å²) in [6, 6.07) is 10.3. The maximum absolute atomic E-state index is 12.8. The topological polar surface area (TPSA) is 79.9 Å². The summed E-state index contributed by atoms with van der Waals surface area (Å²) >= 11 is 0. The predicted molar refractivity (Wildman–Crippen MR) is 118 cm³/mol. The van der Waals surface area contributed by atoms with Crippen molar-refractivity contribution >= 4 is 11.9 Å². The van der Waals surface area contributed by atoms with Gasteiger partial charge < -0.3 is 25.0 Å². The second kappa shape index (κ2) is 9.57. The van der Waals surface area contributed by atoms with Gasteiger partial charge in [-0.15, -0.1) is 0 Å². The minimum absolute atomic E-state index is 0.00373. The third-order valence-electron chi connectivity index (χ3n) is 7.09. The van der Waals surface area contributed by atoms with Gasteiger partial charge in [-0.2, -0.15) is 0 Å². The van der Waals surface area contributed by atoms with E-state index >= 15 is 0 Å². The van der Waals surface area contributed by atoms with E-state index in [0.29, 0.717) is 32.1 Å². The number of urea groups is 1. The van der Waals surface area contributed by atoms with Crippen LogP contribution in [0.4, 0.5) is 4.79 Å². The summed E-state index contributed by atoms with van der Waals surface area (Å²) in [5.41, 5.74) is 0.829. The van der Waals surface area contributed by atoms with Gasteiger partial charge in [0.05, 0.1) is 30.9 Å². The van der Waals surface area contributed by atoms with Crippen LogP contribution >= 0.6 is 0 Å². The molecule has 1 spiro atoms. The molecular formula is C24H35N3O4. The molecule has 1 aromatic carbocycles. The standard InChI is InChI=1S/C24H35N3O4/c1-3-25-23(29)27-17(2)13-24(16-30-15-22(28)26-24)21(27)14-31-20-11-9-19(10-12-20)18-7-5-4-6-8-18/h4-8,17,19-21H,3,9-16H2,1-2H3,(H,25,29)(H,26,28)/t17-,19-,20+,21-,24+/m1/s1. The maximum atomic E-state index is 12.8. The zero-order valence-corrected chi connectivity index (χ0v) is 18.6. The molecule has 2 aliphatic heterocycles. The van der Waals surface area contributed by atoms with Gasteiger partial charge in [-0.1, -0.05) is 30.3 Å². The SMILES string of the molecule is CCNC(=O)N1[C@H](C)C[C@]2(COCC(=O)N2)[C@H]1CO[C@H]1CC[C@@H](c2ccccc2)CC1. The minimum Gasteiger partial charge on any atom is -0.376 e. The zero-order valence-electron chi connectivity index (χ0n) is 18.6. The van der Waals surface area contributed by atoms with E-state index in [1.54, 1.807) is 0 Å². The Morgan fingerprint density at radius 2 is 2.00 bits per heavy atom. The quantitative estimate of drug-likeness (QED) is 0.754. The van der Waals surface area contributed by atoms with Crippen molar-refractivity contribution in [1.29, 1.82) is 0 Å². The fraction of sp³-hybridized carbons (Fsp3) is 0.667. The van der Waals surface area contributed by atoms with Crippen molar-refractivity contribution < 1.29 is 19.1 Å². The number of hydrogen-bond donors (Lipinski definition) is 2. The monoisotopic (exact) mass is 429 g/mol. The molecule has 170 valence electrons. The first-order chi connectivity index (χ1) is 15.0. The number of benzene rings is 1. The van der Waals surface area contributed by atoms with E-state index in [4.69, 9.17) is 9.47 Å². The molecule has 2 saturated heterocycles. The Morgan fingerprint density at radius 1 is 1.26 bits per heavy atom. The molecular weight excluding hydrogens is 394 g/mol. The summed E-state index contributed by atoms with van der Waals surface area (Å²) in [6.45, 7) is 5.41. The lowest BCUT2D eigenvalue weighted by atomic mass is 9.82. The Morgan fingerprint density at radius 3 is 2.68 bits per heavy atom. The summed E-state index contributed by atoms with van der Waals surface area (Å²) in [4.78, 5) is 26.8. The van der Waals surface area contributed by atoms with Crippen LogP contribution in [0.3, 0.4) is 0 Å². The normalized spacial score (nSPS) is 33.4. The van der Waals surface area contributed by atoms with Crippen LogP contribution in [0.2, 0.25) is 0 Å². The number of nitrogens with zero attached hydrogens (tertiary/aromatic N) is 1. The highest BCUT2D eigenvalue weighted by molar-refractivity contribution is 5.80. The van der Waals surface area contributed by atoms with Crippen molar-refractivity contribution in [2.45, 2.75) is 75.6 Å². The molecule has 0 bridgehead atoms. The maximum Gasteiger partial charge on any atom is 0.318 e. The number of rotatable bonds is 5. The molecule has 31 heavy (non-hydrogen) atoms. The Bertz CT molecular complexity index is 765. The molecule has 1 aliphatic carbocycles. The van der Waals surface area contributed by atoms with E-state index in [1.807, 2.05) is 18.7 Å². The molecule has 3 aliphatic rings. The smallest absolute Gasteiger partial charge is 0.318 e. The van der Waals surface area contributed by atoms with Crippen LogP contribution in [0.5, 0.6) is 0 Å². The number of morpholine rings is 1. The second-order valence-electron chi connectivity index (χ2n) is 9.23. The van der Waals surface area contributed by atoms with Gasteiger partial charge in [0.25, 0.3) is 0 Å². The van der Waals surface area contributed by atoms with E-state index in [-0.39, 0.29) is 36.7 Å². The van der Waals surface area contributed by atoms with Crippen LogP contribution < -0.4 is 10.6 Å². The molecule has 0 radical (unpaired) electrons. The molecule has 3 amide bonds. The predicted octanol–water partition coefficient (Wildman–Crippen LogP) is 2.81. The van der Waals surface area contributed by atoms with Gasteiger partial charge >= 0.3 is 6.03 Å². The van der Waals surface area contributed by atoms with E-state index in [1.165, 1.54) is 5.56 Å². The number of hydrogen-bond acceptors (Lipinski definition) is 4. The summed E-state index contributed by atoms with van der Waals surface area (Å²) < 4.78 is 12.0. The van der Waals surface area contributed by atoms with Gasteiger partial charge in [0.15, 0.2) is 0 Å². The fourth-order valence-electron chi connectivity index (χ4n) is 5.64. The zero-order chi connectivity index (χ0) is 21.8. The highest BCUT2D eigenvalue weighted by Crippen LogP contribution is 2.38. The molecule has 3 atom stereocenters. The minimum atomic E-state index is -0.582. The molecule has 2 N–H and O–H groups in total. The van der Waals surface area contributed by atoms with Crippen LogP contribution in [0.25, 0.3) is 0 Å². The van der Waals surface area contributed by atoms with E-state index < -0.39 is 5.54 Å². The van der Waals surface area contributed by atoms with Crippen molar-refractivity contribution in [2.24, 2.45) is 0 Å². The van der Waals surface area contributed by atoms with Crippen LogP contribution in [-0.2, 0) is 14.3 Å². The van der Waals surface area contributed by atoms with Crippen LogP contribution in [0.1, 0.15) is 57.4 Å². The first kappa shape index (κ1) is 22.1. The van der Waals surface area contributed by atoms with Gasteiger partial charge in [-0.25, -0.2) is 4.79 Å². The molecule has 7 heteroatoms. The lowest BCUT2D eigenvalue weighted by Crippen LogP contribution is -2.65. The fourth-order valence-corrected chi connectivity index (χ4v) is 5.64. The van der Waals surface area contributed by atoms with E-state index in [9.17, 15) is 9.59 Å². The summed E-state index contributed by atoms with van der Waals surface area (Å²) in [7, 11) is 0. The molecule has 3 fully saturated rings. The molecule has 1 saturated carbocycles. The van der Waals surface area contributed by atoms with Gasteiger partial charge in [-0.3, -0.25) is 4.79 Å². The molecule has 0 aromatic heterocycles. The Labute approximate surface area is 184 Å². The summed E-state index contributed by atoms with van der Waals surface area (Å²) in [5.74, 6) is 0.473. The number of carbonyl (C=O) groups is 2. The summed E-state index contributed by atoms with van der Waals surface area (Å²) in [5, 5.41) is 6.07. The molecule has 1 aromatic rings. The number of ether oxygens (including phenoxy) is 2. The number of carbonyl (C=O) groups excluding carboxylic acids is 2. The van der Waals surface area contributed by atoms with E-state index in [2.05, 4.69) is 41.0 Å². The molecule has 7 nitrogen and oxygen atoms in total. The van der Waals surface area contributed by atoms with Crippen molar-refractivity contribution in [3.63, 3.8) is 0 Å². The molecule has 0 unspecified atom stereocenters. The summed E-state index contributed by atoms with van der Waals surface area (Å²) in [6.07, 6.45) is 5.10. The van der Waals surface area contributed by atoms with Crippen molar-refractivity contribution in [3.8, 4) is 0 Å². The van der Waals surface area contributed by atoms with Gasteiger partial charge in [0.2, 0.25) is 5.91 Å². The van der Waals surface area contributed by atoms with Crippen LogP contribution in [0, 0.1) is 0 Å². The molecule has 2 heterocycles. The van der Waals surface area contributed by atoms with Crippen molar-refractivity contribution in [1.82, 2.24) is 15.5 Å². The van der Waals surface area contributed by atoms with Crippen LogP contribution in [-0.4, -0.2) is 66.9 Å². The average Bonchev–Trinajstić information content (AvgIpc) is 3.03. The Kier molecular flexibility index (Phi) is 6.82. The third-order valence-corrected chi connectivity index (χ3v) is 7.09. The third kappa shape index (κ3) is 4.72. The Balaban J connectivity index is 1.41. The molecule has 4 rings (SSSR count). The van der Waals surface area contributed by atoms with Gasteiger partial charge in [0, 0.05) is 12.6 Å². The number of amides is 3. The highest BCUT2D eigenvalue weighted by atomic mass is 16.5. The number of nitrogens with one attached hydrogen (secondary N) is 2. The van der Waals surface area contributed by atoms with Crippen LogP contribution in [0.15, 0.2) is 30.3 Å². The first-order valence-corrected chi connectivity index (χ1v) is 11.6. The largest absolute Gasteiger partial charge is 0.376 e. The van der Waals surface area contributed by atoms with Gasteiger partial charge in [0.1, 0.15) is 6.61 Å². The van der Waals surface area contributed by atoms with Gasteiger partial charge in [-0.05, 0) is 57.4 Å². The van der Waals surface area contributed by atoms with Crippen molar-refractivity contribution in [2.75, 3.05) is 26.4 Å². The first-order valence-electron chi connectivity index (χ1n) is 11.6. The lowest BCUT2D eigenvalue weighted by molar-refractivity contribution is -0.137. The number of likely N-dealkylation sites (tertiary alicyclic amines) is 1. The van der Waals surface area contributed by atoms with Crippen molar-refractivity contribution in [3.05, 3.63) is 35.9 Å². The average molecular weight is 430 g/mol. The highest BCUT2D eigenvalue weighted by Gasteiger charge is 2.55. The Hall–Kier alpha value is -2.12.